The van der Waals surface area contributed by atoms with Gasteiger partial charge in [-0.1, -0.05) is 90.1 Å². The van der Waals surface area contributed by atoms with Crippen molar-refractivity contribution in [1.82, 2.24) is 5.32 Å². The van der Waals surface area contributed by atoms with Gasteiger partial charge in [-0.2, -0.15) is 0 Å². The van der Waals surface area contributed by atoms with Gasteiger partial charge in [0.05, 0.1) is 12.7 Å². The number of alkyl carbamates (subject to hydrolysis) is 1. The normalized spacial score (nSPS) is 15.2. The van der Waals surface area contributed by atoms with E-state index in [0.717, 1.165) is 0 Å². The second-order valence-electron chi connectivity index (χ2n) is 13.3. The molecule has 1 unspecified atom stereocenters. The second kappa shape index (κ2) is 11.0. The van der Waals surface area contributed by atoms with Crippen LogP contribution in [0.3, 0.4) is 0 Å². The van der Waals surface area contributed by atoms with Crippen LogP contribution < -0.4 is 5.32 Å². The van der Waals surface area contributed by atoms with Gasteiger partial charge < -0.3 is 18.9 Å². The molecule has 0 radical (unpaired) electrons. The lowest BCUT2D eigenvalue weighted by atomic mass is 9.98. The van der Waals surface area contributed by atoms with E-state index in [4.69, 9.17) is 13.6 Å². The summed E-state index contributed by atoms with van der Waals surface area (Å²) in [5.74, 6) is 0.0411. The quantitative estimate of drug-likeness (QED) is 0.327. The Morgan fingerprint density at radius 1 is 0.838 bits per heavy atom. The van der Waals surface area contributed by atoms with Crippen molar-refractivity contribution in [2.24, 2.45) is 0 Å². The molecule has 0 aromatic heterocycles. The summed E-state index contributed by atoms with van der Waals surface area (Å²) in [6, 6.07) is 16.7. The molecule has 1 atom stereocenters. The third-order valence-electron chi connectivity index (χ3n) is 8.52. The lowest BCUT2D eigenvalue weighted by Crippen LogP contribution is -2.50. The summed E-state index contributed by atoms with van der Waals surface area (Å²) in [6.45, 7) is 23.5. The van der Waals surface area contributed by atoms with Crippen LogP contribution in [-0.2, 0) is 13.6 Å². The van der Waals surface area contributed by atoms with Crippen molar-refractivity contribution in [2.45, 2.75) is 89.8 Å². The molecule has 204 valence electrons. The molecule has 0 heterocycles. The predicted molar refractivity (Wildman–Crippen MR) is 158 cm³/mol. The number of fused-ring (bicyclic) bond motifs is 3. The number of rotatable bonds is 9. The van der Waals surface area contributed by atoms with E-state index in [1.54, 1.807) is 0 Å². The van der Waals surface area contributed by atoms with Gasteiger partial charge in [-0.3, -0.25) is 0 Å². The van der Waals surface area contributed by atoms with Crippen molar-refractivity contribution < 1.29 is 18.4 Å². The molecule has 1 N–H and O–H groups in total. The van der Waals surface area contributed by atoms with E-state index in [1.165, 1.54) is 22.3 Å². The number of benzene rings is 2. The molecule has 37 heavy (non-hydrogen) atoms. The number of hydrogen-bond donors (Lipinski definition) is 1. The molecule has 0 saturated heterocycles. The van der Waals surface area contributed by atoms with Crippen molar-refractivity contribution in [3.63, 3.8) is 0 Å². The Morgan fingerprint density at radius 3 is 1.81 bits per heavy atom. The highest BCUT2D eigenvalue weighted by atomic mass is 28.4. The van der Waals surface area contributed by atoms with Crippen molar-refractivity contribution in [3.05, 3.63) is 59.7 Å². The zero-order valence-corrected chi connectivity index (χ0v) is 26.5. The van der Waals surface area contributed by atoms with Crippen LogP contribution in [0.5, 0.6) is 0 Å². The topological polar surface area (TPSA) is 56.8 Å². The number of amides is 1. The predicted octanol–water partition coefficient (Wildman–Crippen LogP) is 7.94. The fraction of sp³-hybridized carbons (Fsp3) is 0.567. The summed E-state index contributed by atoms with van der Waals surface area (Å²) in [6.07, 6.45) is -0.645. The van der Waals surface area contributed by atoms with E-state index >= 15 is 0 Å². The first-order valence-corrected chi connectivity index (χ1v) is 19.3. The van der Waals surface area contributed by atoms with Gasteiger partial charge in [-0.15, -0.1) is 0 Å². The first-order valence-electron chi connectivity index (χ1n) is 13.4. The standard InChI is InChI=1S/C30H47NO4Si2/c1-29(2,3)36(7,8)34-20-22(35-37(9,10)30(4,5)6)19-31-28(32)33-21-27-25-17-13-11-15-23(25)24-16-12-14-18-26(24)27/h11-18,22,27H,19-21H2,1-10H3,(H,31,32). The van der Waals surface area contributed by atoms with Crippen LogP contribution in [0.1, 0.15) is 58.6 Å². The van der Waals surface area contributed by atoms with Crippen molar-refractivity contribution in [3.8, 4) is 11.1 Å². The highest BCUT2D eigenvalue weighted by Crippen LogP contribution is 2.44. The third-order valence-corrected chi connectivity index (χ3v) is 17.6. The van der Waals surface area contributed by atoms with E-state index in [9.17, 15) is 4.79 Å². The summed E-state index contributed by atoms with van der Waals surface area (Å²) >= 11 is 0. The zero-order valence-electron chi connectivity index (χ0n) is 24.5. The van der Waals surface area contributed by atoms with Crippen LogP contribution in [0, 0.1) is 0 Å². The Hall–Kier alpha value is -1.94. The van der Waals surface area contributed by atoms with Gasteiger partial charge in [0, 0.05) is 12.5 Å². The average molecular weight is 542 g/mol. The minimum atomic E-state index is -2.06. The van der Waals surface area contributed by atoms with Crippen molar-refractivity contribution in [1.29, 1.82) is 0 Å². The van der Waals surface area contributed by atoms with E-state index in [-0.39, 0.29) is 22.1 Å². The molecular formula is C30H47NO4Si2. The summed E-state index contributed by atoms with van der Waals surface area (Å²) in [4.78, 5) is 12.8. The third kappa shape index (κ3) is 6.93. The van der Waals surface area contributed by atoms with Crippen molar-refractivity contribution >= 4 is 22.7 Å². The molecule has 2 aromatic rings. The van der Waals surface area contributed by atoms with E-state index in [0.29, 0.717) is 19.8 Å². The van der Waals surface area contributed by atoms with E-state index in [1.807, 2.05) is 12.1 Å². The largest absolute Gasteiger partial charge is 0.449 e. The van der Waals surface area contributed by atoms with Crippen molar-refractivity contribution in [2.75, 3.05) is 19.8 Å². The Kier molecular flexibility index (Phi) is 8.84. The maximum Gasteiger partial charge on any atom is 0.407 e. The Labute approximate surface area is 226 Å². The molecule has 7 heteroatoms. The van der Waals surface area contributed by atoms with Gasteiger partial charge in [-0.05, 0) is 58.5 Å². The lowest BCUT2D eigenvalue weighted by Gasteiger charge is -2.41. The van der Waals surface area contributed by atoms with E-state index in [2.05, 4.69) is 109 Å². The fourth-order valence-electron chi connectivity index (χ4n) is 4.09. The van der Waals surface area contributed by atoms with Gasteiger partial charge in [0.15, 0.2) is 16.6 Å². The van der Waals surface area contributed by atoms with Gasteiger partial charge in [0.1, 0.15) is 6.61 Å². The minimum absolute atomic E-state index is 0.0411. The van der Waals surface area contributed by atoms with Gasteiger partial charge >= 0.3 is 6.09 Å². The highest BCUT2D eigenvalue weighted by Gasteiger charge is 2.41. The Morgan fingerprint density at radius 2 is 1.32 bits per heavy atom. The number of carbonyl (C=O) groups excluding carboxylic acids is 1. The van der Waals surface area contributed by atoms with Gasteiger partial charge in [-0.25, -0.2) is 4.79 Å². The number of hydrogen-bond acceptors (Lipinski definition) is 4. The molecule has 2 aromatic carbocycles. The maximum atomic E-state index is 12.8. The Bertz CT molecular complexity index is 1040. The number of nitrogens with one attached hydrogen (secondary N) is 1. The van der Waals surface area contributed by atoms with Crippen LogP contribution in [0.15, 0.2) is 48.5 Å². The molecule has 0 bridgehead atoms. The summed E-state index contributed by atoms with van der Waals surface area (Å²) in [5.41, 5.74) is 4.85. The van der Waals surface area contributed by atoms with Gasteiger partial charge in [0.25, 0.3) is 0 Å². The molecule has 1 aliphatic carbocycles. The molecular weight excluding hydrogens is 495 g/mol. The van der Waals surface area contributed by atoms with Crippen LogP contribution in [0.4, 0.5) is 4.79 Å². The molecule has 5 nitrogen and oxygen atoms in total. The monoisotopic (exact) mass is 541 g/mol. The minimum Gasteiger partial charge on any atom is -0.449 e. The molecule has 1 amide bonds. The SMILES string of the molecule is CC(C)(C)[Si](C)(C)OCC(CNC(=O)OCC1c2ccccc2-c2ccccc21)O[Si](C)(C)C(C)(C)C. The molecule has 1 aliphatic rings. The van der Waals surface area contributed by atoms with Crippen LogP contribution in [0.2, 0.25) is 36.3 Å². The van der Waals surface area contributed by atoms with Crippen LogP contribution in [0.25, 0.3) is 11.1 Å². The molecule has 0 spiro atoms. The van der Waals surface area contributed by atoms with Crippen LogP contribution in [-0.4, -0.2) is 48.6 Å². The maximum absolute atomic E-state index is 12.8. The smallest absolute Gasteiger partial charge is 0.407 e. The number of ether oxygens (including phenoxy) is 1. The second-order valence-corrected chi connectivity index (χ2v) is 22.8. The summed E-state index contributed by atoms with van der Waals surface area (Å²) in [5, 5.41) is 3.14. The Balaban J connectivity index is 1.64. The average Bonchev–Trinajstić information content (AvgIpc) is 3.11. The highest BCUT2D eigenvalue weighted by molar-refractivity contribution is 6.74. The molecule has 0 fully saturated rings. The first-order chi connectivity index (χ1) is 17.0. The molecule has 0 saturated carbocycles. The lowest BCUT2D eigenvalue weighted by molar-refractivity contribution is 0.0980. The van der Waals surface area contributed by atoms with Crippen LogP contribution >= 0.6 is 0 Å². The summed E-state index contributed by atoms with van der Waals surface area (Å²) < 4.78 is 19.0. The first kappa shape index (κ1) is 29.6. The summed E-state index contributed by atoms with van der Waals surface area (Å²) in [7, 11) is -4.01. The van der Waals surface area contributed by atoms with Gasteiger partial charge in [0.2, 0.25) is 0 Å². The molecule has 3 rings (SSSR count). The van der Waals surface area contributed by atoms with E-state index < -0.39 is 22.7 Å². The molecule has 0 aliphatic heterocycles. The fourth-order valence-corrected chi connectivity index (χ4v) is 6.47. The number of carbonyl (C=O) groups is 1. The zero-order chi connectivity index (χ0) is 27.6.